The van der Waals surface area contributed by atoms with E-state index >= 15 is 0 Å². The quantitative estimate of drug-likeness (QED) is 0.788. The van der Waals surface area contributed by atoms with Crippen LogP contribution in [0.15, 0.2) is 33.5 Å². The third-order valence-electron chi connectivity index (χ3n) is 2.57. The first-order valence-corrected chi connectivity index (χ1v) is 5.95. The van der Waals surface area contributed by atoms with Crippen LogP contribution in [0.2, 0.25) is 0 Å². The number of hydrogen-bond donors (Lipinski definition) is 0. The van der Waals surface area contributed by atoms with Gasteiger partial charge in [-0.25, -0.2) is 4.79 Å². The van der Waals surface area contributed by atoms with Crippen molar-refractivity contribution in [2.75, 3.05) is 13.7 Å². The summed E-state index contributed by atoms with van der Waals surface area (Å²) in [6.45, 7) is 2.83. The molecule has 0 spiro atoms. The Morgan fingerprint density at radius 1 is 1.37 bits per heavy atom. The van der Waals surface area contributed by atoms with Crippen LogP contribution in [0.25, 0.3) is 0 Å². The lowest BCUT2D eigenvalue weighted by atomic mass is 10.2. The fourth-order valence-electron chi connectivity index (χ4n) is 1.63. The number of para-hydroxylation sites is 1. The summed E-state index contributed by atoms with van der Waals surface area (Å²) < 4.78 is 16.6. The predicted octanol–water partition coefficient (Wildman–Crippen LogP) is 1.37. The lowest BCUT2D eigenvalue weighted by Gasteiger charge is -2.07. The number of aryl methyl sites for hydroxylation is 1. The van der Waals surface area contributed by atoms with Crippen LogP contribution in [0.4, 0.5) is 0 Å². The molecule has 2 rings (SSSR count). The van der Waals surface area contributed by atoms with E-state index < -0.39 is 5.76 Å². The summed E-state index contributed by atoms with van der Waals surface area (Å²) >= 11 is 0. The maximum absolute atomic E-state index is 11.4. The number of nitrogens with zero attached hydrogens (tertiary/aromatic N) is 2. The highest BCUT2D eigenvalue weighted by Gasteiger charge is 2.07. The summed E-state index contributed by atoms with van der Waals surface area (Å²) in [6.07, 6.45) is 0. The largest absolute Gasteiger partial charge is 0.491 e. The summed E-state index contributed by atoms with van der Waals surface area (Å²) in [6, 6.07) is 7.70. The molecule has 1 heterocycles. The van der Waals surface area contributed by atoms with Gasteiger partial charge in [0.2, 0.25) is 5.89 Å². The van der Waals surface area contributed by atoms with E-state index in [2.05, 4.69) is 5.10 Å². The van der Waals surface area contributed by atoms with E-state index in [-0.39, 0.29) is 12.5 Å². The summed E-state index contributed by atoms with van der Waals surface area (Å²) in [5, 5.41) is 3.99. The van der Waals surface area contributed by atoms with E-state index in [0.29, 0.717) is 13.2 Å². The molecule has 0 unspecified atom stereocenters. The SMILES string of the molecule is COCc1nn(CCOc2ccccc2C)c(=O)o1. The summed E-state index contributed by atoms with van der Waals surface area (Å²) in [7, 11) is 1.51. The molecule has 1 aromatic heterocycles. The van der Waals surface area contributed by atoms with Crippen molar-refractivity contribution in [3.05, 3.63) is 46.3 Å². The Morgan fingerprint density at radius 3 is 2.89 bits per heavy atom. The van der Waals surface area contributed by atoms with Crippen LogP contribution in [-0.4, -0.2) is 23.5 Å². The first-order chi connectivity index (χ1) is 9.20. The predicted molar refractivity (Wildman–Crippen MR) is 68.2 cm³/mol. The highest BCUT2D eigenvalue weighted by atomic mass is 16.5. The molecule has 102 valence electrons. The minimum Gasteiger partial charge on any atom is -0.491 e. The Balaban J connectivity index is 1.92. The average molecular weight is 264 g/mol. The lowest BCUT2D eigenvalue weighted by Crippen LogP contribution is -2.20. The van der Waals surface area contributed by atoms with Crippen LogP contribution in [0.1, 0.15) is 11.5 Å². The molecule has 0 aliphatic carbocycles. The van der Waals surface area contributed by atoms with E-state index in [4.69, 9.17) is 13.9 Å². The van der Waals surface area contributed by atoms with Gasteiger partial charge in [0.05, 0.1) is 6.54 Å². The molecule has 0 fully saturated rings. The molecule has 0 radical (unpaired) electrons. The van der Waals surface area contributed by atoms with E-state index in [1.807, 2.05) is 31.2 Å². The first kappa shape index (κ1) is 13.4. The van der Waals surface area contributed by atoms with Crippen molar-refractivity contribution in [3.63, 3.8) is 0 Å². The molecule has 0 amide bonds. The van der Waals surface area contributed by atoms with Crippen molar-refractivity contribution in [1.82, 2.24) is 9.78 Å². The molecule has 0 aliphatic rings. The number of rotatable bonds is 6. The molecule has 0 atom stereocenters. The number of benzene rings is 1. The van der Waals surface area contributed by atoms with Crippen molar-refractivity contribution in [1.29, 1.82) is 0 Å². The second-order valence-electron chi connectivity index (χ2n) is 4.03. The lowest BCUT2D eigenvalue weighted by molar-refractivity contribution is 0.158. The first-order valence-electron chi connectivity index (χ1n) is 5.95. The Morgan fingerprint density at radius 2 is 2.16 bits per heavy atom. The normalized spacial score (nSPS) is 10.6. The fraction of sp³-hybridized carbons (Fsp3) is 0.385. The van der Waals surface area contributed by atoms with Crippen LogP contribution in [0.5, 0.6) is 5.75 Å². The second-order valence-corrected chi connectivity index (χ2v) is 4.03. The minimum absolute atomic E-state index is 0.181. The van der Waals surface area contributed by atoms with Gasteiger partial charge in [-0.15, -0.1) is 5.10 Å². The second kappa shape index (κ2) is 6.19. The molecule has 6 nitrogen and oxygen atoms in total. The molecule has 0 aliphatic heterocycles. The Hall–Kier alpha value is -2.08. The van der Waals surface area contributed by atoms with Crippen molar-refractivity contribution < 1.29 is 13.9 Å². The van der Waals surface area contributed by atoms with Crippen LogP contribution < -0.4 is 10.5 Å². The zero-order valence-corrected chi connectivity index (χ0v) is 11.0. The third-order valence-corrected chi connectivity index (χ3v) is 2.57. The van der Waals surface area contributed by atoms with Crippen LogP contribution >= 0.6 is 0 Å². The molecule has 0 N–H and O–H groups in total. The fourth-order valence-corrected chi connectivity index (χ4v) is 1.63. The zero-order valence-electron chi connectivity index (χ0n) is 11.0. The van der Waals surface area contributed by atoms with Gasteiger partial charge >= 0.3 is 5.76 Å². The Labute approximate surface area is 110 Å². The zero-order chi connectivity index (χ0) is 13.7. The van der Waals surface area contributed by atoms with Gasteiger partial charge in [0.25, 0.3) is 0 Å². The molecule has 1 aromatic carbocycles. The highest BCUT2D eigenvalue weighted by molar-refractivity contribution is 5.31. The molecule has 0 saturated carbocycles. The monoisotopic (exact) mass is 264 g/mol. The highest BCUT2D eigenvalue weighted by Crippen LogP contribution is 2.15. The van der Waals surface area contributed by atoms with Crippen molar-refractivity contribution in [3.8, 4) is 5.75 Å². The molecular formula is C13H16N2O4. The average Bonchev–Trinajstić information content (AvgIpc) is 2.73. The Kier molecular flexibility index (Phi) is 4.35. The van der Waals surface area contributed by atoms with Gasteiger partial charge in [0, 0.05) is 7.11 Å². The van der Waals surface area contributed by atoms with E-state index in [0.717, 1.165) is 11.3 Å². The Bertz CT molecular complexity index is 588. The number of methoxy groups -OCH3 is 1. The molecular weight excluding hydrogens is 248 g/mol. The van der Waals surface area contributed by atoms with E-state index in [1.165, 1.54) is 11.8 Å². The topological polar surface area (TPSA) is 66.5 Å². The summed E-state index contributed by atoms with van der Waals surface area (Å²) in [5.74, 6) is 0.569. The molecule has 19 heavy (non-hydrogen) atoms. The maximum Gasteiger partial charge on any atom is 0.437 e. The van der Waals surface area contributed by atoms with Crippen LogP contribution in [-0.2, 0) is 17.9 Å². The summed E-state index contributed by atoms with van der Waals surface area (Å²) in [4.78, 5) is 11.4. The van der Waals surface area contributed by atoms with Gasteiger partial charge < -0.3 is 13.9 Å². The van der Waals surface area contributed by atoms with Crippen LogP contribution in [0.3, 0.4) is 0 Å². The van der Waals surface area contributed by atoms with Gasteiger partial charge in [-0.2, -0.15) is 4.68 Å². The van der Waals surface area contributed by atoms with E-state index in [9.17, 15) is 4.79 Å². The van der Waals surface area contributed by atoms with Gasteiger partial charge in [-0.05, 0) is 18.6 Å². The third kappa shape index (κ3) is 3.45. The van der Waals surface area contributed by atoms with Gasteiger partial charge in [-0.1, -0.05) is 18.2 Å². The van der Waals surface area contributed by atoms with Crippen LogP contribution in [0, 0.1) is 6.92 Å². The number of hydrogen-bond acceptors (Lipinski definition) is 5. The number of ether oxygens (including phenoxy) is 2. The molecule has 0 bridgehead atoms. The van der Waals surface area contributed by atoms with Gasteiger partial charge in [0.15, 0.2) is 0 Å². The van der Waals surface area contributed by atoms with Gasteiger partial charge in [-0.3, -0.25) is 0 Å². The summed E-state index contributed by atoms with van der Waals surface area (Å²) in [5.41, 5.74) is 1.05. The van der Waals surface area contributed by atoms with Crippen molar-refractivity contribution >= 4 is 0 Å². The maximum atomic E-state index is 11.4. The molecule has 6 heteroatoms. The smallest absolute Gasteiger partial charge is 0.437 e. The number of aromatic nitrogens is 2. The molecule has 2 aromatic rings. The minimum atomic E-state index is -0.500. The van der Waals surface area contributed by atoms with Crippen molar-refractivity contribution in [2.45, 2.75) is 20.1 Å². The standard InChI is InChI=1S/C13H16N2O4/c1-10-5-3-4-6-11(10)18-8-7-15-13(16)19-12(14-15)9-17-2/h3-6H,7-9H2,1-2H3. The van der Waals surface area contributed by atoms with Gasteiger partial charge in [0.1, 0.15) is 19.0 Å². The van der Waals surface area contributed by atoms with E-state index in [1.54, 1.807) is 0 Å². The molecule has 0 saturated heterocycles. The van der Waals surface area contributed by atoms with Crippen molar-refractivity contribution in [2.24, 2.45) is 0 Å².